The Bertz CT molecular complexity index is 481. The van der Waals surface area contributed by atoms with Crippen molar-refractivity contribution in [1.82, 2.24) is 5.32 Å². The van der Waals surface area contributed by atoms with Crippen LogP contribution in [0.25, 0.3) is 0 Å². The maximum atomic E-state index is 13.3. The van der Waals surface area contributed by atoms with Crippen molar-refractivity contribution < 1.29 is 23.1 Å². The highest BCUT2D eigenvalue weighted by molar-refractivity contribution is 5.89. The lowest BCUT2D eigenvalue weighted by Gasteiger charge is -2.15. The van der Waals surface area contributed by atoms with E-state index in [9.17, 15) is 18.0 Å². The number of halogens is 3. The van der Waals surface area contributed by atoms with Gasteiger partial charge in [0.25, 0.3) is 0 Å². The van der Waals surface area contributed by atoms with E-state index in [2.05, 4.69) is 10.6 Å². The van der Waals surface area contributed by atoms with Gasteiger partial charge in [0.15, 0.2) is 17.5 Å². The second kappa shape index (κ2) is 7.14. The Labute approximate surface area is 115 Å². The minimum atomic E-state index is -1.63. The average Bonchev–Trinajstić information content (AvgIpc) is 2.36. The third-order valence-corrected chi connectivity index (χ3v) is 2.64. The van der Waals surface area contributed by atoms with Gasteiger partial charge in [-0.3, -0.25) is 0 Å². The molecule has 0 aliphatic heterocycles. The van der Waals surface area contributed by atoms with E-state index in [0.717, 1.165) is 12.1 Å². The van der Waals surface area contributed by atoms with E-state index >= 15 is 0 Å². The minimum Gasteiger partial charge on any atom is -0.393 e. The molecule has 0 saturated heterocycles. The van der Waals surface area contributed by atoms with Crippen LogP contribution in [-0.2, 0) is 0 Å². The topological polar surface area (TPSA) is 61.4 Å². The molecule has 0 bridgehead atoms. The zero-order chi connectivity index (χ0) is 15.3. The van der Waals surface area contributed by atoms with Gasteiger partial charge in [-0.25, -0.2) is 18.0 Å². The monoisotopic (exact) mass is 290 g/mol. The Morgan fingerprint density at radius 3 is 2.50 bits per heavy atom. The summed E-state index contributed by atoms with van der Waals surface area (Å²) in [6.45, 7) is 3.72. The maximum Gasteiger partial charge on any atom is 0.319 e. The summed E-state index contributed by atoms with van der Waals surface area (Å²) >= 11 is 0. The Morgan fingerprint density at radius 1 is 1.25 bits per heavy atom. The van der Waals surface area contributed by atoms with Crippen LogP contribution in [0.15, 0.2) is 12.1 Å². The van der Waals surface area contributed by atoms with Gasteiger partial charge in [0.2, 0.25) is 0 Å². The van der Waals surface area contributed by atoms with Crippen LogP contribution < -0.4 is 10.6 Å². The zero-order valence-corrected chi connectivity index (χ0v) is 11.2. The SMILES string of the molecule is CC(O)CC(C)CNC(=O)Nc1ccc(F)c(F)c1F. The molecule has 0 aliphatic rings. The molecule has 0 radical (unpaired) electrons. The van der Waals surface area contributed by atoms with Gasteiger partial charge in [0.05, 0.1) is 11.8 Å². The van der Waals surface area contributed by atoms with Crippen LogP contribution in [0.2, 0.25) is 0 Å². The molecule has 1 aromatic carbocycles. The Hall–Kier alpha value is -1.76. The lowest BCUT2D eigenvalue weighted by atomic mass is 10.1. The van der Waals surface area contributed by atoms with E-state index < -0.39 is 35.3 Å². The first-order chi connectivity index (χ1) is 9.31. The first-order valence-electron chi connectivity index (χ1n) is 6.17. The summed E-state index contributed by atoms with van der Waals surface area (Å²) in [6.07, 6.45) is 0.0123. The molecular formula is C13H17F3N2O2. The van der Waals surface area contributed by atoms with E-state index in [1.54, 1.807) is 6.92 Å². The van der Waals surface area contributed by atoms with Crippen molar-refractivity contribution in [2.45, 2.75) is 26.4 Å². The van der Waals surface area contributed by atoms with Gasteiger partial charge in [0.1, 0.15) is 0 Å². The highest BCUT2D eigenvalue weighted by Gasteiger charge is 2.15. The largest absolute Gasteiger partial charge is 0.393 e. The normalized spacial score (nSPS) is 13.7. The van der Waals surface area contributed by atoms with Crippen molar-refractivity contribution in [3.8, 4) is 0 Å². The Kier molecular flexibility index (Phi) is 5.82. The quantitative estimate of drug-likeness (QED) is 0.730. The highest BCUT2D eigenvalue weighted by Crippen LogP contribution is 2.19. The fourth-order valence-corrected chi connectivity index (χ4v) is 1.72. The van der Waals surface area contributed by atoms with Crippen LogP contribution in [0.4, 0.5) is 23.7 Å². The number of benzene rings is 1. The lowest BCUT2D eigenvalue weighted by molar-refractivity contribution is 0.163. The zero-order valence-electron chi connectivity index (χ0n) is 11.2. The van der Waals surface area contributed by atoms with E-state index in [4.69, 9.17) is 5.11 Å². The summed E-state index contributed by atoms with van der Waals surface area (Å²) < 4.78 is 39.0. The third kappa shape index (κ3) is 4.73. The van der Waals surface area contributed by atoms with E-state index in [1.165, 1.54) is 0 Å². The number of aliphatic hydroxyl groups is 1. The number of amides is 2. The smallest absolute Gasteiger partial charge is 0.319 e. The number of urea groups is 1. The van der Waals surface area contributed by atoms with E-state index in [-0.39, 0.29) is 12.5 Å². The van der Waals surface area contributed by atoms with Gasteiger partial charge in [-0.1, -0.05) is 6.92 Å². The van der Waals surface area contributed by atoms with Crippen molar-refractivity contribution in [2.24, 2.45) is 5.92 Å². The van der Waals surface area contributed by atoms with Crippen LogP contribution in [0.3, 0.4) is 0 Å². The molecule has 112 valence electrons. The van der Waals surface area contributed by atoms with E-state index in [1.807, 2.05) is 6.92 Å². The van der Waals surface area contributed by atoms with Crippen LogP contribution in [0.5, 0.6) is 0 Å². The summed E-state index contributed by atoms with van der Waals surface area (Å²) in [6, 6.07) is 0.934. The molecule has 0 fully saturated rings. The molecule has 0 heterocycles. The number of carbonyl (C=O) groups excluding carboxylic acids is 1. The van der Waals surface area contributed by atoms with Crippen molar-refractivity contribution in [2.75, 3.05) is 11.9 Å². The lowest BCUT2D eigenvalue weighted by Crippen LogP contribution is -2.33. The number of rotatable bonds is 5. The first-order valence-corrected chi connectivity index (χ1v) is 6.17. The molecule has 0 aliphatic carbocycles. The molecule has 2 unspecified atom stereocenters. The number of nitrogens with one attached hydrogen (secondary N) is 2. The second-order valence-electron chi connectivity index (χ2n) is 4.75. The molecule has 1 rings (SSSR count). The number of hydrogen-bond acceptors (Lipinski definition) is 2. The number of aliphatic hydroxyl groups excluding tert-OH is 1. The molecule has 0 aromatic heterocycles. The number of carbonyl (C=O) groups is 1. The first kappa shape index (κ1) is 16.3. The van der Waals surface area contributed by atoms with Crippen molar-refractivity contribution in [3.63, 3.8) is 0 Å². The second-order valence-corrected chi connectivity index (χ2v) is 4.75. The molecule has 1 aromatic rings. The Morgan fingerprint density at radius 2 is 1.90 bits per heavy atom. The van der Waals surface area contributed by atoms with Crippen molar-refractivity contribution >= 4 is 11.7 Å². The molecule has 20 heavy (non-hydrogen) atoms. The van der Waals surface area contributed by atoms with Crippen LogP contribution in [0.1, 0.15) is 20.3 Å². The maximum absolute atomic E-state index is 13.3. The predicted octanol–water partition coefficient (Wildman–Crippen LogP) is 2.63. The molecule has 3 N–H and O–H groups in total. The summed E-state index contributed by atoms with van der Waals surface area (Å²) in [4.78, 5) is 11.5. The standard InChI is InChI=1S/C13H17F3N2O2/c1-7(5-8(2)19)6-17-13(20)18-10-4-3-9(14)11(15)12(10)16/h3-4,7-8,19H,5-6H2,1-2H3,(H2,17,18,20). The fourth-order valence-electron chi connectivity index (χ4n) is 1.72. The Balaban J connectivity index is 2.53. The van der Waals surface area contributed by atoms with Crippen LogP contribution >= 0.6 is 0 Å². The predicted molar refractivity (Wildman–Crippen MR) is 68.8 cm³/mol. The van der Waals surface area contributed by atoms with Crippen LogP contribution in [-0.4, -0.2) is 23.8 Å². The molecule has 2 amide bonds. The van der Waals surface area contributed by atoms with Crippen molar-refractivity contribution in [3.05, 3.63) is 29.6 Å². The van der Waals surface area contributed by atoms with Gasteiger partial charge in [0, 0.05) is 6.54 Å². The molecule has 0 saturated carbocycles. The van der Waals surface area contributed by atoms with Gasteiger partial charge in [-0.2, -0.15) is 0 Å². The van der Waals surface area contributed by atoms with Gasteiger partial charge < -0.3 is 15.7 Å². The number of anilines is 1. The van der Waals surface area contributed by atoms with Gasteiger partial charge in [-0.05, 0) is 31.4 Å². The minimum absolute atomic E-state index is 0.0237. The highest BCUT2D eigenvalue weighted by atomic mass is 19.2. The summed E-state index contributed by atoms with van der Waals surface area (Å²) in [5.74, 6) is -4.38. The molecule has 2 atom stereocenters. The fraction of sp³-hybridized carbons (Fsp3) is 0.462. The van der Waals surface area contributed by atoms with Crippen LogP contribution in [0, 0.1) is 23.4 Å². The van der Waals surface area contributed by atoms with E-state index in [0.29, 0.717) is 6.42 Å². The molecule has 4 nitrogen and oxygen atoms in total. The molecular weight excluding hydrogens is 273 g/mol. The third-order valence-electron chi connectivity index (χ3n) is 2.64. The van der Waals surface area contributed by atoms with Gasteiger partial charge in [-0.15, -0.1) is 0 Å². The molecule has 7 heteroatoms. The number of hydrogen-bond donors (Lipinski definition) is 3. The summed E-state index contributed by atoms with van der Waals surface area (Å²) in [5.41, 5.74) is -0.440. The molecule has 0 spiro atoms. The van der Waals surface area contributed by atoms with Crippen molar-refractivity contribution in [1.29, 1.82) is 0 Å². The average molecular weight is 290 g/mol. The van der Waals surface area contributed by atoms with Gasteiger partial charge >= 0.3 is 6.03 Å². The summed E-state index contributed by atoms with van der Waals surface area (Å²) in [5, 5.41) is 13.7. The summed E-state index contributed by atoms with van der Waals surface area (Å²) in [7, 11) is 0.